The van der Waals surface area contributed by atoms with Gasteiger partial charge in [-0.05, 0) is 72.8 Å². The van der Waals surface area contributed by atoms with Crippen molar-refractivity contribution in [3.63, 3.8) is 0 Å². The van der Waals surface area contributed by atoms with Gasteiger partial charge in [0.25, 0.3) is 15.9 Å². The summed E-state index contributed by atoms with van der Waals surface area (Å²) in [5.41, 5.74) is -0.116. The van der Waals surface area contributed by atoms with Gasteiger partial charge in [-0.25, -0.2) is 14.7 Å². The number of nitrogens with one attached hydrogen (secondary N) is 1. The SMILES string of the molecule is CCC[C@@H]1CN(c2nc(Br)ccc2C(=O)NS(=O)(=O)c2cccc(F)n2)C(C)(C)C1. The normalized spacial score (nSPS) is 18.4. The molecule has 1 atom stereocenters. The fraction of sp³-hybridized carbons (Fsp3) is 0.450. The number of rotatable bonds is 6. The molecule has 0 aromatic carbocycles. The highest BCUT2D eigenvalue weighted by molar-refractivity contribution is 9.10. The van der Waals surface area contributed by atoms with E-state index in [0.29, 0.717) is 16.3 Å². The molecule has 2 aromatic heterocycles. The maximum Gasteiger partial charge on any atom is 0.281 e. The predicted octanol–water partition coefficient (Wildman–Crippen LogP) is 3.90. The number of hydrogen-bond acceptors (Lipinski definition) is 6. The van der Waals surface area contributed by atoms with E-state index >= 15 is 0 Å². The molecule has 7 nitrogen and oxygen atoms in total. The molecule has 2 aromatic rings. The van der Waals surface area contributed by atoms with Gasteiger partial charge < -0.3 is 4.90 Å². The van der Waals surface area contributed by atoms with Gasteiger partial charge in [0.15, 0.2) is 5.03 Å². The standard InChI is InChI=1S/C20H24BrFN4O3S/c1-4-6-13-11-20(2,3)26(12-13)18-14(9-10-15(21)23-18)19(27)25-30(28,29)17-8-5-7-16(22)24-17/h5,7-10,13H,4,6,11-12H2,1-3H3,(H,25,27)/t13-/m0/s1. The summed E-state index contributed by atoms with van der Waals surface area (Å²) in [6, 6.07) is 6.48. The predicted molar refractivity (Wildman–Crippen MR) is 115 cm³/mol. The molecule has 0 bridgehead atoms. The van der Waals surface area contributed by atoms with Gasteiger partial charge in [0.1, 0.15) is 10.4 Å². The Morgan fingerprint density at radius 3 is 2.70 bits per heavy atom. The minimum atomic E-state index is -4.34. The Labute approximate surface area is 184 Å². The molecule has 1 aliphatic heterocycles. The van der Waals surface area contributed by atoms with Crippen molar-refractivity contribution in [1.29, 1.82) is 0 Å². The second-order valence-corrected chi connectivity index (χ2v) is 10.5. The molecule has 1 saturated heterocycles. The smallest absolute Gasteiger partial charge is 0.281 e. The van der Waals surface area contributed by atoms with Gasteiger partial charge in [0.05, 0.1) is 5.56 Å². The van der Waals surface area contributed by atoms with Gasteiger partial charge in [0, 0.05) is 12.1 Å². The number of hydrogen-bond donors (Lipinski definition) is 1. The second-order valence-electron chi connectivity index (χ2n) is 8.02. The monoisotopic (exact) mass is 498 g/mol. The molecular formula is C20H24BrFN4O3S. The summed E-state index contributed by atoms with van der Waals surface area (Å²) in [7, 11) is -4.34. The molecule has 0 radical (unpaired) electrons. The lowest BCUT2D eigenvalue weighted by Crippen LogP contribution is -2.41. The van der Waals surface area contributed by atoms with Crippen LogP contribution in [0.1, 0.15) is 50.4 Å². The van der Waals surface area contributed by atoms with Crippen molar-refractivity contribution in [3.05, 3.63) is 46.4 Å². The van der Waals surface area contributed by atoms with Crippen molar-refractivity contribution >= 4 is 37.7 Å². The lowest BCUT2D eigenvalue weighted by molar-refractivity contribution is 0.0981. The zero-order chi connectivity index (χ0) is 22.1. The van der Waals surface area contributed by atoms with Crippen LogP contribution in [0.25, 0.3) is 0 Å². The molecule has 1 fully saturated rings. The third-order valence-electron chi connectivity index (χ3n) is 5.19. The highest BCUT2D eigenvalue weighted by atomic mass is 79.9. The Morgan fingerprint density at radius 1 is 1.30 bits per heavy atom. The maximum absolute atomic E-state index is 13.3. The Kier molecular flexibility index (Phi) is 6.47. The van der Waals surface area contributed by atoms with Crippen LogP contribution in [-0.2, 0) is 10.0 Å². The zero-order valence-electron chi connectivity index (χ0n) is 17.0. The Morgan fingerprint density at radius 2 is 2.03 bits per heavy atom. The maximum atomic E-state index is 13.3. The molecule has 1 aliphatic rings. The van der Waals surface area contributed by atoms with Gasteiger partial charge >= 0.3 is 0 Å². The molecule has 3 heterocycles. The summed E-state index contributed by atoms with van der Waals surface area (Å²) >= 11 is 3.34. The van der Waals surface area contributed by atoms with E-state index < -0.39 is 26.9 Å². The number of nitrogens with zero attached hydrogens (tertiary/aromatic N) is 3. The lowest BCUT2D eigenvalue weighted by atomic mass is 9.93. The molecule has 30 heavy (non-hydrogen) atoms. The fourth-order valence-corrected chi connectivity index (χ4v) is 5.16. The summed E-state index contributed by atoms with van der Waals surface area (Å²) < 4.78 is 40.9. The minimum Gasteiger partial charge on any atom is -0.351 e. The number of halogens is 2. The van der Waals surface area contributed by atoms with Crippen LogP contribution < -0.4 is 9.62 Å². The van der Waals surface area contributed by atoms with Crippen LogP contribution >= 0.6 is 15.9 Å². The van der Waals surface area contributed by atoms with Crippen LogP contribution in [0.15, 0.2) is 40.0 Å². The van der Waals surface area contributed by atoms with E-state index in [9.17, 15) is 17.6 Å². The average molecular weight is 499 g/mol. The Hall–Kier alpha value is -2.07. The van der Waals surface area contributed by atoms with Gasteiger partial charge in [-0.1, -0.05) is 19.4 Å². The zero-order valence-corrected chi connectivity index (χ0v) is 19.4. The van der Waals surface area contributed by atoms with Crippen LogP contribution in [0, 0.1) is 11.9 Å². The van der Waals surface area contributed by atoms with Gasteiger partial charge in [0.2, 0.25) is 5.95 Å². The van der Waals surface area contributed by atoms with Crippen molar-refractivity contribution in [2.75, 3.05) is 11.4 Å². The third kappa shape index (κ3) is 4.80. The van der Waals surface area contributed by atoms with Crippen molar-refractivity contribution in [1.82, 2.24) is 14.7 Å². The second kappa shape index (κ2) is 8.58. The molecule has 1 amide bonds. The van der Waals surface area contributed by atoms with Crippen LogP contribution in [0.3, 0.4) is 0 Å². The number of amides is 1. The first-order valence-corrected chi connectivity index (χ1v) is 11.9. The number of pyridine rings is 2. The van der Waals surface area contributed by atoms with E-state index in [-0.39, 0.29) is 11.1 Å². The lowest BCUT2D eigenvalue weighted by Gasteiger charge is -2.33. The molecule has 0 unspecified atom stereocenters. The van der Waals surface area contributed by atoms with Crippen molar-refractivity contribution in [3.8, 4) is 0 Å². The van der Waals surface area contributed by atoms with Gasteiger partial charge in [-0.15, -0.1) is 0 Å². The van der Waals surface area contributed by atoms with E-state index in [4.69, 9.17) is 0 Å². The first-order chi connectivity index (χ1) is 14.0. The van der Waals surface area contributed by atoms with Crippen LogP contribution in [-0.4, -0.2) is 36.4 Å². The number of carbonyl (C=O) groups is 1. The largest absolute Gasteiger partial charge is 0.351 e. The molecule has 162 valence electrons. The summed E-state index contributed by atoms with van der Waals surface area (Å²) in [6.07, 6.45) is 3.07. The number of sulfonamides is 1. The van der Waals surface area contributed by atoms with Crippen molar-refractivity contribution in [2.45, 2.75) is 50.6 Å². The van der Waals surface area contributed by atoms with Gasteiger partial charge in [-0.2, -0.15) is 12.8 Å². The van der Waals surface area contributed by atoms with Crippen molar-refractivity contribution < 1.29 is 17.6 Å². The van der Waals surface area contributed by atoms with E-state index in [2.05, 4.69) is 51.6 Å². The van der Waals surface area contributed by atoms with E-state index in [1.165, 1.54) is 12.1 Å². The van der Waals surface area contributed by atoms with Crippen LogP contribution in [0.4, 0.5) is 10.2 Å². The Bertz CT molecular complexity index is 1060. The molecular weight excluding hydrogens is 475 g/mol. The molecule has 10 heteroatoms. The summed E-state index contributed by atoms with van der Waals surface area (Å²) in [6.45, 7) is 7.03. The number of aromatic nitrogens is 2. The molecule has 0 spiro atoms. The fourth-order valence-electron chi connectivity index (χ4n) is 3.94. The van der Waals surface area contributed by atoms with E-state index in [1.54, 1.807) is 6.07 Å². The third-order valence-corrected chi connectivity index (χ3v) is 6.86. The Balaban J connectivity index is 1.94. The van der Waals surface area contributed by atoms with E-state index in [1.807, 2.05) is 4.72 Å². The topological polar surface area (TPSA) is 92.3 Å². The summed E-state index contributed by atoms with van der Waals surface area (Å²) in [4.78, 5) is 22.8. The number of carbonyl (C=O) groups excluding carboxylic acids is 1. The highest BCUT2D eigenvalue weighted by Crippen LogP contribution is 2.39. The average Bonchev–Trinajstić information content (AvgIpc) is 2.95. The quantitative estimate of drug-likeness (QED) is 0.607. The molecule has 0 saturated carbocycles. The molecule has 1 N–H and O–H groups in total. The van der Waals surface area contributed by atoms with Crippen molar-refractivity contribution in [2.24, 2.45) is 5.92 Å². The summed E-state index contributed by atoms with van der Waals surface area (Å²) in [5.74, 6) is -0.919. The highest BCUT2D eigenvalue weighted by Gasteiger charge is 2.40. The summed E-state index contributed by atoms with van der Waals surface area (Å²) in [5, 5.41) is -0.563. The molecule has 3 rings (SSSR count). The van der Waals surface area contributed by atoms with Crippen LogP contribution in [0.2, 0.25) is 0 Å². The first-order valence-electron chi connectivity index (χ1n) is 9.67. The molecule has 0 aliphatic carbocycles. The van der Waals surface area contributed by atoms with Gasteiger partial charge in [-0.3, -0.25) is 4.79 Å². The first kappa shape index (κ1) is 22.6. The van der Waals surface area contributed by atoms with E-state index in [0.717, 1.165) is 37.9 Å². The number of anilines is 1. The van der Waals surface area contributed by atoms with Crippen LogP contribution in [0.5, 0.6) is 0 Å². The minimum absolute atomic E-state index is 0.128.